The first-order valence-corrected chi connectivity index (χ1v) is 11.0. The van der Waals surface area contributed by atoms with Crippen molar-refractivity contribution in [3.05, 3.63) is 102 Å². The molecule has 0 bridgehead atoms. The van der Waals surface area contributed by atoms with Crippen LogP contribution in [-0.4, -0.2) is 27.9 Å². The van der Waals surface area contributed by atoms with Crippen LogP contribution >= 0.6 is 0 Å². The predicted octanol–water partition coefficient (Wildman–Crippen LogP) is 4.97. The van der Waals surface area contributed by atoms with Crippen LogP contribution in [0.4, 0.5) is 11.5 Å². The third-order valence-electron chi connectivity index (χ3n) is 5.59. The van der Waals surface area contributed by atoms with Gasteiger partial charge in [-0.2, -0.15) is 0 Å². The van der Waals surface area contributed by atoms with Crippen molar-refractivity contribution in [1.82, 2.24) is 15.0 Å². The molecule has 166 valence electrons. The predicted molar refractivity (Wildman–Crippen MR) is 132 cm³/mol. The first kappa shape index (κ1) is 22.1. The van der Waals surface area contributed by atoms with E-state index in [0.717, 1.165) is 41.0 Å². The van der Waals surface area contributed by atoms with Gasteiger partial charge in [0.25, 0.3) is 0 Å². The minimum Gasteiger partial charge on any atom is -0.368 e. The molecular weight excluding hydrogens is 410 g/mol. The first-order valence-electron chi connectivity index (χ1n) is 11.0. The van der Waals surface area contributed by atoms with Crippen LogP contribution in [-0.2, 0) is 17.8 Å². The molecule has 0 aliphatic rings. The summed E-state index contributed by atoms with van der Waals surface area (Å²) < 4.78 is 0. The number of nitrogens with zero attached hydrogens (tertiary/aromatic N) is 4. The summed E-state index contributed by atoms with van der Waals surface area (Å²) in [6.07, 6.45) is 6.87. The number of hydrogen-bond donors (Lipinski definition) is 1. The molecule has 0 spiro atoms. The molecule has 4 aromatic rings. The van der Waals surface area contributed by atoms with Crippen LogP contribution in [0, 0.1) is 13.8 Å². The Morgan fingerprint density at radius 3 is 2.61 bits per heavy atom. The Balaban J connectivity index is 1.64. The number of aryl methyl sites for hydroxylation is 2. The van der Waals surface area contributed by atoms with E-state index in [9.17, 15) is 4.79 Å². The molecule has 1 N–H and O–H groups in total. The van der Waals surface area contributed by atoms with Crippen LogP contribution in [0.25, 0.3) is 11.3 Å². The highest BCUT2D eigenvalue weighted by atomic mass is 16.1. The summed E-state index contributed by atoms with van der Waals surface area (Å²) in [5.74, 6) is 0.664. The number of hydrogen-bond acceptors (Lipinski definition) is 5. The molecule has 1 amide bonds. The van der Waals surface area contributed by atoms with Crippen molar-refractivity contribution < 1.29 is 4.79 Å². The van der Waals surface area contributed by atoms with Crippen LogP contribution in [0.1, 0.15) is 22.4 Å². The van der Waals surface area contributed by atoms with Crippen LogP contribution < -0.4 is 10.2 Å². The summed E-state index contributed by atoms with van der Waals surface area (Å²) >= 11 is 0. The molecule has 6 heteroatoms. The lowest BCUT2D eigenvalue weighted by Gasteiger charge is -2.21. The summed E-state index contributed by atoms with van der Waals surface area (Å²) in [6.45, 7) is 5.26. The third-order valence-corrected chi connectivity index (χ3v) is 5.59. The first-order chi connectivity index (χ1) is 16.1. The molecule has 4 rings (SSSR count). The average Bonchev–Trinajstić information content (AvgIpc) is 2.86. The smallest absolute Gasteiger partial charge is 0.214 e. The van der Waals surface area contributed by atoms with Crippen LogP contribution in [0.5, 0.6) is 0 Å². The normalized spacial score (nSPS) is 10.6. The summed E-state index contributed by atoms with van der Waals surface area (Å²) in [7, 11) is 0. The van der Waals surface area contributed by atoms with Crippen LogP contribution in [0.3, 0.4) is 0 Å². The minimum atomic E-state index is 0.414. The van der Waals surface area contributed by atoms with E-state index in [1.54, 1.807) is 23.5 Å². The fraction of sp³-hybridized carbons (Fsp3) is 0.185. The van der Waals surface area contributed by atoms with Gasteiger partial charge in [0.1, 0.15) is 0 Å². The number of pyridine rings is 3. The Kier molecular flexibility index (Phi) is 7.05. The second-order valence-electron chi connectivity index (χ2n) is 7.96. The van der Waals surface area contributed by atoms with Gasteiger partial charge in [-0.05, 0) is 66.9 Å². The van der Waals surface area contributed by atoms with Gasteiger partial charge >= 0.3 is 0 Å². The van der Waals surface area contributed by atoms with E-state index in [4.69, 9.17) is 4.98 Å². The molecule has 3 aromatic heterocycles. The molecule has 33 heavy (non-hydrogen) atoms. The number of carbonyl (C=O) groups is 1. The molecule has 0 unspecified atom stereocenters. The zero-order valence-electron chi connectivity index (χ0n) is 18.9. The Morgan fingerprint density at radius 1 is 0.970 bits per heavy atom. The van der Waals surface area contributed by atoms with Gasteiger partial charge in [-0.3, -0.25) is 14.8 Å². The van der Waals surface area contributed by atoms with Crippen LogP contribution in [0.2, 0.25) is 0 Å². The van der Waals surface area contributed by atoms with Crippen molar-refractivity contribution in [1.29, 1.82) is 0 Å². The van der Waals surface area contributed by atoms with E-state index in [1.807, 2.05) is 42.5 Å². The molecule has 6 nitrogen and oxygen atoms in total. The molecule has 0 radical (unpaired) electrons. The van der Waals surface area contributed by atoms with E-state index >= 15 is 0 Å². The number of rotatable bonds is 9. The summed E-state index contributed by atoms with van der Waals surface area (Å²) in [4.78, 5) is 27.1. The highest BCUT2D eigenvalue weighted by Crippen LogP contribution is 2.29. The van der Waals surface area contributed by atoms with Crippen molar-refractivity contribution in [2.24, 2.45) is 0 Å². The molecule has 0 saturated heterocycles. The molecule has 1 aromatic carbocycles. The molecule has 0 atom stereocenters. The average molecular weight is 438 g/mol. The molecule has 0 fully saturated rings. The Bertz CT molecular complexity index is 1210. The Hall–Kier alpha value is -4.06. The number of benzene rings is 1. The number of amides is 1. The zero-order valence-corrected chi connectivity index (χ0v) is 18.9. The second kappa shape index (κ2) is 10.5. The summed E-state index contributed by atoms with van der Waals surface area (Å²) in [6, 6.07) is 19.9. The van der Waals surface area contributed by atoms with Gasteiger partial charge in [0.05, 0.1) is 17.9 Å². The highest BCUT2D eigenvalue weighted by Gasteiger charge is 2.15. The molecule has 3 heterocycles. The lowest BCUT2D eigenvalue weighted by atomic mass is 10.0. The SMILES string of the molecule is Cc1ccc(-c2ccc(N(C=O)Cc3cccnc3)c(NCCc3ccccn3)n2)cc1C. The maximum atomic E-state index is 12.0. The zero-order chi connectivity index (χ0) is 23.0. The fourth-order valence-corrected chi connectivity index (χ4v) is 3.60. The Morgan fingerprint density at radius 2 is 1.88 bits per heavy atom. The van der Waals surface area contributed by atoms with Crippen molar-refractivity contribution in [3.63, 3.8) is 0 Å². The topological polar surface area (TPSA) is 71.0 Å². The number of anilines is 2. The largest absolute Gasteiger partial charge is 0.368 e. The lowest BCUT2D eigenvalue weighted by molar-refractivity contribution is -0.107. The quantitative estimate of drug-likeness (QED) is 0.374. The van der Waals surface area contributed by atoms with Crippen molar-refractivity contribution in [2.45, 2.75) is 26.8 Å². The number of carbonyl (C=O) groups excluding carboxylic acids is 1. The molecule has 0 aliphatic heterocycles. The van der Waals surface area contributed by atoms with Crippen molar-refractivity contribution in [2.75, 3.05) is 16.8 Å². The van der Waals surface area contributed by atoms with Gasteiger partial charge in [0, 0.05) is 42.8 Å². The number of nitrogens with one attached hydrogen (secondary N) is 1. The summed E-state index contributed by atoms with van der Waals surface area (Å²) in [5, 5.41) is 3.43. The van der Waals surface area contributed by atoms with E-state index in [2.05, 4.69) is 47.3 Å². The number of aromatic nitrogens is 3. The fourth-order valence-electron chi connectivity index (χ4n) is 3.60. The van der Waals surface area contributed by atoms with E-state index in [0.29, 0.717) is 18.9 Å². The van der Waals surface area contributed by atoms with Crippen molar-refractivity contribution >= 4 is 17.9 Å². The van der Waals surface area contributed by atoms with E-state index in [1.165, 1.54) is 11.1 Å². The molecule has 0 saturated carbocycles. The lowest BCUT2D eigenvalue weighted by Crippen LogP contribution is -2.23. The maximum Gasteiger partial charge on any atom is 0.214 e. The third kappa shape index (κ3) is 5.60. The van der Waals surface area contributed by atoms with Gasteiger partial charge < -0.3 is 10.2 Å². The minimum absolute atomic E-state index is 0.414. The van der Waals surface area contributed by atoms with Crippen LogP contribution in [0.15, 0.2) is 79.3 Å². The van der Waals surface area contributed by atoms with Gasteiger partial charge in [0.2, 0.25) is 6.41 Å². The van der Waals surface area contributed by atoms with Gasteiger partial charge in [-0.1, -0.05) is 24.3 Å². The van der Waals surface area contributed by atoms with Gasteiger partial charge in [0.15, 0.2) is 5.82 Å². The van der Waals surface area contributed by atoms with Crippen molar-refractivity contribution in [3.8, 4) is 11.3 Å². The second-order valence-corrected chi connectivity index (χ2v) is 7.96. The van der Waals surface area contributed by atoms with E-state index in [-0.39, 0.29) is 0 Å². The maximum absolute atomic E-state index is 12.0. The molecular formula is C27H27N5O. The Labute approximate surface area is 194 Å². The van der Waals surface area contributed by atoms with Gasteiger partial charge in [-0.25, -0.2) is 4.98 Å². The highest BCUT2D eigenvalue weighted by molar-refractivity contribution is 5.83. The standard InChI is InChI=1S/C27H27N5O/c1-20-8-9-23(16-21(20)2)25-10-11-26(32(19-33)18-22-6-5-13-28-17-22)27(31-25)30-15-12-24-7-3-4-14-29-24/h3-11,13-14,16-17,19H,12,15,18H2,1-2H3,(H,30,31). The molecule has 0 aliphatic carbocycles. The summed E-state index contributed by atoms with van der Waals surface area (Å²) in [5.41, 5.74) is 7.03. The monoisotopic (exact) mass is 437 g/mol. The van der Waals surface area contributed by atoms with Gasteiger partial charge in [-0.15, -0.1) is 0 Å². The van der Waals surface area contributed by atoms with E-state index < -0.39 is 0 Å².